The third-order valence-corrected chi connectivity index (χ3v) is 4.17. The van der Waals surface area contributed by atoms with E-state index in [1.54, 1.807) is 0 Å². The fourth-order valence-corrected chi connectivity index (χ4v) is 3.11. The van der Waals surface area contributed by atoms with Crippen molar-refractivity contribution < 1.29 is 0 Å². The quantitative estimate of drug-likeness (QED) is 0.711. The number of benzene rings is 2. The van der Waals surface area contributed by atoms with E-state index in [2.05, 4.69) is 91.9 Å². The minimum Gasteiger partial charge on any atom is -0.0811 e. The highest BCUT2D eigenvalue weighted by atomic mass is 14.3. The fourth-order valence-electron chi connectivity index (χ4n) is 3.11. The molecule has 1 aliphatic carbocycles. The molecular formula is C20H20. The van der Waals surface area contributed by atoms with Crippen LogP contribution in [-0.2, 0) is 0 Å². The van der Waals surface area contributed by atoms with Crippen LogP contribution in [-0.4, -0.2) is 0 Å². The van der Waals surface area contributed by atoms with Crippen molar-refractivity contribution in [3.63, 3.8) is 0 Å². The second-order valence-electron chi connectivity index (χ2n) is 5.51. The summed E-state index contributed by atoms with van der Waals surface area (Å²) >= 11 is 0. The second kappa shape index (κ2) is 5.92. The van der Waals surface area contributed by atoms with Gasteiger partial charge in [0.2, 0.25) is 0 Å². The lowest BCUT2D eigenvalue weighted by molar-refractivity contribution is 0.455. The molecule has 2 unspecified atom stereocenters. The lowest BCUT2D eigenvalue weighted by Gasteiger charge is -2.30. The molecule has 20 heavy (non-hydrogen) atoms. The molecule has 1 aliphatic rings. The maximum atomic E-state index is 2.36. The van der Waals surface area contributed by atoms with Crippen LogP contribution >= 0.6 is 0 Å². The van der Waals surface area contributed by atoms with Crippen LogP contribution in [0, 0.1) is 11.8 Å². The molecule has 3 rings (SSSR count). The van der Waals surface area contributed by atoms with E-state index in [9.17, 15) is 0 Å². The molecule has 0 saturated heterocycles. The van der Waals surface area contributed by atoms with E-state index in [-0.39, 0.29) is 0 Å². The Labute approximate surface area is 121 Å². The van der Waals surface area contributed by atoms with E-state index < -0.39 is 0 Å². The summed E-state index contributed by atoms with van der Waals surface area (Å²) in [6, 6.07) is 21.7. The normalized spacial score (nSPS) is 21.3. The van der Waals surface area contributed by atoms with E-state index in [4.69, 9.17) is 0 Å². The number of rotatable bonds is 3. The fraction of sp³-hybridized carbons (Fsp3) is 0.200. The molecule has 0 heterocycles. The number of hydrogen-bond donors (Lipinski definition) is 0. The molecule has 0 aliphatic heterocycles. The maximum Gasteiger partial charge on any atom is 0.0158 e. The van der Waals surface area contributed by atoms with Crippen molar-refractivity contribution in [2.45, 2.75) is 12.8 Å². The Morgan fingerprint density at radius 2 is 1.20 bits per heavy atom. The Hall–Kier alpha value is -2.08. The number of hydrogen-bond acceptors (Lipinski definition) is 0. The summed E-state index contributed by atoms with van der Waals surface area (Å²) in [5, 5.41) is 0. The highest BCUT2D eigenvalue weighted by Gasteiger charge is 2.27. The zero-order valence-corrected chi connectivity index (χ0v) is 11.8. The van der Waals surface area contributed by atoms with Crippen LogP contribution in [0.5, 0.6) is 0 Å². The predicted octanol–water partition coefficient (Wildman–Crippen LogP) is 5.20. The van der Waals surface area contributed by atoms with E-state index in [0.717, 1.165) is 0 Å². The molecule has 0 aromatic heterocycles. The third-order valence-electron chi connectivity index (χ3n) is 4.17. The van der Waals surface area contributed by atoms with Crippen molar-refractivity contribution in [1.29, 1.82) is 0 Å². The summed E-state index contributed by atoms with van der Waals surface area (Å²) in [5.74, 6) is 1.50. The van der Waals surface area contributed by atoms with Crippen LogP contribution in [0.2, 0.25) is 0 Å². The Morgan fingerprint density at radius 3 is 1.70 bits per heavy atom. The Morgan fingerprint density at radius 1 is 0.700 bits per heavy atom. The summed E-state index contributed by atoms with van der Waals surface area (Å²) in [4.78, 5) is 0. The molecule has 0 radical (unpaired) electrons. The van der Waals surface area contributed by atoms with Gasteiger partial charge in [-0.15, -0.1) is 0 Å². The third kappa shape index (κ3) is 2.60. The second-order valence-corrected chi connectivity index (χ2v) is 5.51. The first-order valence-corrected chi connectivity index (χ1v) is 7.31. The molecule has 0 nitrogen and oxygen atoms in total. The summed E-state index contributed by atoms with van der Waals surface area (Å²) in [6.07, 6.45) is 9.01. The van der Waals surface area contributed by atoms with E-state index in [1.807, 2.05) is 0 Å². The van der Waals surface area contributed by atoms with Gasteiger partial charge in [-0.3, -0.25) is 0 Å². The molecule has 0 spiro atoms. The topological polar surface area (TPSA) is 0 Å². The molecule has 0 heteroatoms. The summed E-state index contributed by atoms with van der Waals surface area (Å²) < 4.78 is 0. The van der Waals surface area contributed by atoms with Crippen LogP contribution in [0.3, 0.4) is 0 Å². The molecule has 2 atom stereocenters. The molecule has 2 aromatic rings. The van der Waals surface area contributed by atoms with Gasteiger partial charge >= 0.3 is 0 Å². The van der Waals surface area contributed by atoms with Gasteiger partial charge in [0.25, 0.3) is 0 Å². The first-order chi connectivity index (χ1) is 9.86. The van der Waals surface area contributed by atoms with Gasteiger partial charge in [-0.1, -0.05) is 91.9 Å². The zero-order valence-electron chi connectivity index (χ0n) is 11.8. The highest BCUT2D eigenvalue weighted by molar-refractivity contribution is 5.36. The molecule has 0 N–H and O–H groups in total. The van der Waals surface area contributed by atoms with Crippen LogP contribution in [0.1, 0.15) is 24.0 Å². The Balaban J connectivity index is 2.05. The smallest absolute Gasteiger partial charge is 0.0158 e. The monoisotopic (exact) mass is 260 g/mol. The molecule has 100 valence electrons. The maximum absolute atomic E-state index is 2.36. The highest BCUT2D eigenvalue weighted by Crippen LogP contribution is 2.38. The van der Waals surface area contributed by atoms with Gasteiger partial charge in [-0.2, -0.15) is 0 Å². The average Bonchev–Trinajstić information content (AvgIpc) is 2.52. The lowest BCUT2D eigenvalue weighted by atomic mass is 9.73. The molecule has 0 bridgehead atoms. The SMILES string of the molecule is CC1C=CC=CC1C(c1ccccc1)c1ccccc1. The van der Waals surface area contributed by atoms with Crippen molar-refractivity contribution in [3.05, 3.63) is 96.1 Å². The van der Waals surface area contributed by atoms with Crippen molar-refractivity contribution in [1.82, 2.24) is 0 Å². The van der Waals surface area contributed by atoms with Crippen LogP contribution in [0.25, 0.3) is 0 Å². The van der Waals surface area contributed by atoms with Gasteiger partial charge < -0.3 is 0 Å². The predicted molar refractivity (Wildman–Crippen MR) is 85.7 cm³/mol. The summed E-state index contributed by atoms with van der Waals surface area (Å²) in [5.41, 5.74) is 2.80. The summed E-state index contributed by atoms with van der Waals surface area (Å²) in [6.45, 7) is 2.31. The zero-order chi connectivity index (χ0) is 13.8. The van der Waals surface area contributed by atoms with Crippen molar-refractivity contribution >= 4 is 0 Å². The van der Waals surface area contributed by atoms with E-state index in [0.29, 0.717) is 17.8 Å². The van der Waals surface area contributed by atoms with Gasteiger partial charge in [0.15, 0.2) is 0 Å². The van der Waals surface area contributed by atoms with Crippen LogP contribution < -0.4 is 0 Å². The molecule has 0 fully saturated rings. The largest absolute Gasteiger partial charge is 0.0811 e. The van der Waals surface area contributed by atoms with Gasteiger partial charge in [-0.25, -0.2) is 0 Å². The van der Waals surface area contributed by atoms with Gasteiger partial charge in [0.1, 0.15) is 0 Å². The first kappa shape index (κ1) is 12.9. The van der Waals surface area contributed by atoms with Crippen LogP contribution in [0.4, 0.5) is 0 Å². The van der Waals surface area contributed by atoms with E-state index >= 15 is 0 Å². The van der Waals surface area contributed by atoms with Gasteiger partial charge in [0, 0.05) is 5.92 Å². The standard InChI is InChI=1S/C20H20/c1-16-10-8-9-15-19(16)20(17-11-4-2-5-12-17)18-13-6-3-7-14-18/h2-16,19-20H,1H3. The summed E-state index contributed by atoms with van der Waals surface area (Å²) in [7, 11) is 0. The average molecular weight is 260 g/mol. The minimum absolute atomic E-state index is 0.425. The lowest BCUT2D eigenvalue weighted by Crippen LogP contribution is -2.19. The van der Waals surface area contributed by atoms with Crippen molar-refractivity contribution in [2.24, 2.45) is 11.8 Å². The van der Waals surface area contributed by atoms with Gasteiger partial charge in [-0.05, 0) is 23.0 Å². The minimum atomic E-state index is 0.425. The Kier molecular flexibility index (Phi) is 3.83. The van der Waals surface area contributed by atoms with E-state index in [1.165, 1.54) is 11.1 Å². The molecule has 2 aromatic carbocycles. The molecule has 0 amide bonds. The first-order valence-electron chi connectivity index (χ1n) is 7.31. The Bertz CT molecular complexity index is 553. The van der Waals surface area contributed by atoms with Crippen LogP contribution in [0.15, 0.2) is 85.0 Å². The van der Waals surface area contributed by atoms with Crippen molar-refractivity contribution in [3.8, 4) is 0 Å². The molecular weight excluding hydrogens is 240 g/mol. The van der Waals surface area contributed by atoms with Crippen molar-refractivity contribution in [2.75, 3.05) is 0 Å². The number of allylic oxidation sites excluding steroid dienone is 4. The van der Waals surface area contributed by atoms with Gasteiger partial charge in [0.05, 0.1) is 0 Å². The molecule has 0 saturated carbocycles.